The van der Waals surface area contributed by atoms with Gasteiger partial charge in [0.2, 0.25) is 0 Å². The molecule has 0 saturated heterocycles. The minimum atomic E-state index is 0.0381. The maximum Gasteiger partial charge on any atom is 0.149 e. The van der Waals surface area contributed by atoms with Crippen molar-refractivity contribution in [3.05, 3.63) is 94.8 Å². The van der Waals surface area contributed by atoms with Gasteiger partial charge in [0.15, 0.2) is 0 Å². The van der Waals surface area contributed by atoms with Crippen molar-refractivity contribution in [2.45, 2.75) is 12.5 Å². The van der Waals surface area contributed by atoms with Gasteiger partial charge in [-0.15, -0.1) is 0 Å². The average Bonchev–Trinajstić information content (AvgIpc) is 2.95. The molecular weight excluding hydrogens is 256 g/mol. The molecule has 2 aromatic carbocycles. The number of benzene rings is 2. The first-order valence-electron chi connectivity index (χ1n) is 7.37. The summed E-state index contributed by atoms with van der Waals surface area (Å²) in [5.74, 6) is 0. The predicted molar refractivity (Wildman–Crippen MR) is 84.5 cm³/mol. The third-order valence-electron chi connectivity index (χ3n) is 4.66. The van der Waals surface area contributed by atoms with Crippen LogP contribution in [0.4, 0.5) is 0 Å². The molecule has 0 amide bonds. The van der Waals surface area contributed by atoms with Crippen molar-refractivity contribution in [2.24, 2.45) is 0 Å². The van der Waals surface area contributed by atoms with E-state index in [0.29, 0.717) is 0 Å². The van der Waals surface area contributed by atoms with Crippen LogP contribution >= 0.6 is 0 Å². The van der Waals surface area contributed by atoms with Crippen LogP contribution in [0.5, 0.6) is 0 Å². The Morgan fingerprint density at radius 2 is 1.71 bits per heavy atom. The molecule has 3 aliphatic rings. The van der Waals surface area contributed by atoms with Crippen molar-refractivity contribution in [3.8, 4) is 0 Å². The van der Waals surface area contributed by atoms with Gasteiger partial charge in [0.1, 0.15) is 6.10 Å². The summed E-state index contributed by atoms with van der Waals surface area (Å²) in [5.41, 5.74) is 9.58. The van der Waals surface area contributed by atoms with Gasteiger partial charge in [-0.05, 0) is 40.3 Å². The van der Waals surface area contributed by atoms with Crippen molar-refractivity contribution < 1.29 is 4.74 Å². The number of rotatable bonds is 0. The van der Waals surface area contributed by atoms with E-state index in [1.165, 1.54) is 39.0 Å². The molecule has 1 unspecified atom stereocenters. The quantitative estimate of drug-likeness (QED) is 0.675. The van der Waals surface area contributed by atoms with Crippen LogP contribution in [0.25, 0.3) is 11.1 Å². The first-order valence-corrected chi connectivity index (χ1v) is 7.37. The molecule has 1 heterocycles. The molecule has 5 rings (SSSR count). The van der Waals surface area contributed by atoms with Gasteiger partial charge in [-0.2, -0.15) is 0 Å². The second-order valence-corrected chi connectivity index (χ2v) is 5.74. The Kier molecular flexibility index (Phi) is 2.12. The van der Waals surface area contributed by atoms with E-state index in [9.17, 15) is 0 Å². The molecule has 1 nitrogen and oxygen atoms in total. The topological polar surface area (TPSA) is 9.23 Å². The van der Waals surface area contributed by atoms with Gasteiger partial charge in [-0.1, -0.05) is 54.6 Å². The zero-order valence-corrected chi connectivity index (χ0v) is 11.5. The van der Waals surface area contributed by atoms with Crippen LogP contribution in [0.3, 0.4) is 0 Å². The number of allylic oxidation sites excluding steroid dienone is 3. The second-order valence-electron chi connectivity index (χ2n) is 5.74. The summed E-state index contributed by atoms with van der Waals surface area (Å²) in [7, 11) is 0. The molecule has 1 aliphatic heterocycles. The molecule has 0 saturated carbocycles. The fourth-order valence-electron chi connectivity index (χ4n) is 3.80. The molecule has 2 aromatic rings. The number of ether oxygens (including phenoxy) is 1. The average molecular weight is 270 g/mol. The normalized spacial score (nSPS) is 21.0. The molecule has 0 bridgehead atoms. The molecule has 1 heteroatoms. The number of hydrogen-bond acceptors (Lipinski definition) is 1. The third kappa shape index (κ3) is 1.41. The van der Waals surface area contributed by atoms with E-state index in [-0.39, 0.29) is 6.10 Å². The first-order chi connectivity index (χ1) is 10.4. The van der Waals surface area contributed by atoms with Crippen LogP contribution in [0, 0.1) is 0 Å². The third-order valence-corrected chi connectivity index (χ3v) is 4.66. The lowest BCUT2D eigenvalue weighted by Crippen LogP contribution is -2.15. The van der Waals surface area contributed by atoms with Crippen molar-refractivity contribution in [1.82, 2.24) is 0 Å². The molecule has 21 heavy (non-hydrogen) atoms. The molecule has 100 valence electrons. The predicted octanol–water partition coefficient (Wildman–Crippen LogP) is 4.68. The zero-order chi connectivity index (χ0) is 13.8. The van der Waals surface area contributed by atoms with Gasteiger partial charge in [-0.25, -0.2) is 0 Å². The largest absolute Gasteiger partial charge is 0.489 e. The number of hydrogen-bond donors (Lipinski definition) is 0. The SMILES string of the molecule is C1=COC2C(=C1)C1=C(Cc3ccccc31)c1ccccc12. The van der Waals surface area contributed by atoms with Crippen LogP contribution in [0.1, 0.15) is 28.4 Å². The molecule has 0 radical (unpaired) electrons. The molecule has 2 aliphatic carbocycles. The summed E-state index contributed by atoms with van der Waals surface area (Å²) in [6.45, 7) is 0. The summed E-state index contributed by atoms with van der Waals surface area (Å²) in [5, 5.41) is 0. The van der Waals surface area contributed by atoms with Crippen molar-refractivity contribution in [1.29, 1.82) is 0 Å². The lowest BCUT2D eigenvalue weighted by molar-refractivity contribution is 0.178. The highest BCUT2D eigenvalue weighted by Crippen LogP contribution is 2.52. The molecule has 0 N–H and O–H groups in total. The second kappa shape index (κ2) is 3.98. The van der Waals surface area contributed by atoms with Gasteiger partial charge >= 0.3 is 0 Å². The van der Waals surface area contributed by atoms with Gasteiger partial charge in [0.05, 0.1) is 6.26 Å². The maximum atomic E-state index is 5.95. The Morgan fingerprint density at radius 1 is 0.905 bits per heavy atom. The van der Waals surface area contributed by atoms with Crippen LogP contribution in [0.15, 0.2) is 72.5 Å². The lowest BCUT2D eigenvalue weighted by atomic mass is 9.79. The Balaban J connectivity index is 1.86. The van der Waals surface area contributed by atoms with Crippen molar-refractivity contribution in [2.75, 3.05) is 0 Å². The summed E-state index contributed by atoms with van der Waals surface area (Å²) in [6, 6.07) is 17.4. The molecular formula is C20H14O. The molecule has 0 fully saturated rings. The van der Waals surface area contributed by atoms with Gasteiger partial charge in [-0.3, -0.25) is 0 Å². The Hall–Kier alpha value is -2.54. The fraction of sp³-hybridized carbons (Fsp3) is 0.100. The Morgan fingerprint density at radius 3 is 2.67 bits per heavy atom. The highest BCUT2D eigenvalue weighted by molar-refractivity contribution is 6.06. The maximum absolute atomic E-state index is 5.95. The van der Waals surface area contributed by atoms with Crippen LogP contribution in [-0.4, -0.2) is 0 Å². The standard InChI is InChI=1S/C20H14O/c1-2-7-14-13(6-1)12-18-15-8-3-4-9-16(15)20-17(19(14)18)10-5-11-21-20/h1-11,20H,12H2. The van der Waals surface area contributed by atoms with E-state index in [0.717, 1.165) is 6.42 Å². The number of fused-ring (bicyclic) bond motifs is 7. The van der Waals surface area contributed by atoms with Crippen molar-refractivity contribution >= 4 is 11.1 Å². The summed E-state index contributed by atoms with van der Waals surface area (Å²) in [6.07, 6.45) is 7.08. The van der Waals surface area contributed by atoms with Gasteiger partial charge < -0.3 is 4.74 Å². The van der Waals surface area contributed by atoms with E-state index in [2.05, 4.69) is 54.6 Å². The van der Waals surface area contributed by atoms with E-state index in [4.69, 9.17) is 4.74 Å². The molecule has 0 spiro atoms. The van der Waals surface area contributed by atoms with E-state index >= 15 is 0 Å². The highest BCUT2D eigenvalue weighted by atomic mass is 16.5. The van der Waals surface area contributed by atoms with Crippen LogP contribution in [-0.2, 0) is 11.2 Å². The minimum Gasteiger partial charge on any atom is -0.489 e. The summed E-state index contributed by atoms with van der Waals surface area (Å²) >= 11 is 0. The van der Waals surface area contributed by atoms with Gasteiger partial charge in [0.25, 0.3) is 0 Å². The summed E-state index contributed by atoms with van der Waals surface area (Å²) in [4.78, 5) is 0. The summed E-state index contributed by atoms with van der Waals surface area (Å²) < 4.78 is 5.95. The molecule has 0 aromatic heterocycles. The monoisotopic (exact) mass is 270 g/mol. The Bertz CT molecular complexity index is 852. The lowest BCUT2D eigenvalue weighted by Gasteiger charge is -2.31. The zero-order valence-electron chi connectivity index (χ0n) is 11.5. The smallest absolute Gasteiger partial charge is 0.149 e. The van der Waals surface area contributed by atoms with E-state index < -0.39 is 0 Å². The first kappa shape index (κ1) is 11.2. The molecule has 1 atom stereocenters. The van der Waals surface area contributed by atoms with Gasteiger partial charge in [0, 0.05) is 11.1 Å². The van der Waals surface area contributed by atoms with E-state index in [1.807, 2.05) is 6.08 Å². The fourth-order valence-corrected chi connectivity index (χ4v) is 3.80. The van der Waals surface area contributed by atoms with Crippen LogP contribution in [0.2, 0.25) is 0 Å². The van der Waals surface area contributed by atoms with Crippen LogP contribution < -0.4 is 0 Å². The van der Waals surface area contributed by atoms with Crippen molar-refractivity contribution in [3.63, 3.8) is 0 Å². The highest BCUT2D eigenvalue weighted by Gasteiger charge is 2.36. The van der Waals surface area contributed by atoms with E-state index in [1.54, 1.807) is 6.26 Å². The Labute approximate surface area is 123 Å². The minimum absolute atomic E-state index is 0.0381.